The molecule has 1 saturated carbocycles. The second kappa shape index (κ2) is 6.18. The Morgan fingerprint density at radius 2 is 1.89 bits per heavy atom. The van der Waals surface area contributed by atoms with Crippen molar-refractivity contribution in [3.8, 4) is 11.8 Å². The van der Waals surface area contributed by atoms with Crippen molar-refractivity contribution >= 4 is 24.2 Å². The van der Waals surface area contributed by atoms with E-state index in [-0.39, 0.29) is 0 Å². The van der Waals surface area contributed by atoms with Gasteiger partial charge in [0, 0.05) is 11.4 Å². The van der Waals surface area contributed by atoms with Gasteiger partial charge < -0.3 is 14.0 Å². The van der Waals surface area contributed by atoms with Crippen LogP contribution in [0.4, 0.5) is 0 Å². The molecule has 0 amide bonds. The molecule has 0 unspecified atom stereocenters. The highest BCUT2D eigenvalue weighted by molar-refractivity contribution is 6.63. The summed E-state index contributed by atoms with van der Waals surface area (Å²) in [7, 11) is 1.35. The highest BCUT2D eigenvalue weighted by Gasteiger charge is 2.52. The number of hydrogen-bond acceptors (Lipinski definition) is 5. The Bertz CT molecular complexity index is 878. The van der Waals surface area contributed by atoms with E-state index in [1.165, 1.54) is 18.6 Å². The molecule has 2 aliphatic heterocycles. The lowest BCUT2D eigenvalue weighted by atomic mass is 9.78. The molecular formula is C20H25BN3O3+. The van der Waals surface area contributed by atoms with Crippen LogP contribution in [0, 0.1) is 17.2 Å². The number of hydrazone groups is 1. The summed E-state index contributed by atoms with van der Waals surface area (Å²) >= 11 is 0. The van der Waals surface area contributed by atoms with Crippen LogP contribution in [0.25, 0.3) is 0 Å². The first kappa shape index (κ1) is 18.2. The summed E-state index contributed by atoms with van der Waals surface area (Å²) in [5.41, 5.74) is 1.62. The van der Waals surface area contributed by atoms with E-state index in [1.807, 2.05) is 40.8 Å². The minimum Gasteiger partial charge on any atom is -0.407 e. The topological polar surface area (TPSA) is 66.9 Å². The fourth-order valence-electron chi connectivity index (χ4n) is 3.28. The lowest BCUT2D eigenvalue weighted by Crippen LogP contribution is -2.41. The molecule has 0 atom stereocenters. The molecule has 2 heterocycles. The smallest absolute Gasteiger partial charge is 0.407 e. The van der Waals surface area contributed by atoms with Crippen LogP contribution in [-0.2, 0) is 9.31 Å². The number of ether oxygens (including phenoxy) is 1. The Balaban J connectivity index is 1.63. The molecule has 1 aliphatic carbocycles. The molecule has 27 heavy (non-hydrogen) atoms. The van der Waals surface area contributed by atoms with Crippen LogP contribution in [0.5, 0.6) is 5.75 Å². The van der Waals surface area contributed by atoms with Gasteiger partial charge in [-0.25, -0.2) is 0 Å². The first-order valence-corrected chi connectivity index (χ1v) is 9.44. The first-order chi connectivity index (χ1) is 12.7. The van der Waals surface area contributed by atoms with Gasteiger partial charge in [0.2, 0.25) is 0 Å². The first-order valence-electron chi connectivity index (χ1n) is 9.44. The Kier molecular flexibility index (Phi) is 4.17. The quantitative estimate of drug-likeness (QED) is 0.609. The second-order valence-electron chi connectivity index (χ2n) is 8.51. The molecule has 1 aromatic rings. The number of nitriles is 1. The van der Waals surface area contributed by atoms with Gasteiger partial charge in [-0.1, -0.05) is 10.8 Å². The Morgan fingerprint density at radius 3 is 2.48 bits per heavy atom. The average molecular weight is 366 g/mol. The molecule has 3 aliphatic rings. The van der Waals surface area contributed by atoms with Crippen molar-refractivity contribution in [2.45, 2.75) is 58.2 Å². The third-order valence-corrected chi connectivity index (χ3v) is 5.90. The van der Waals surface area contributed by atoms with E-state index in [1.54, 1.807) is 16.8 Å². The largest absolute Gasteiger partial charge is 0.498 e. The molecule has 1 saturated heterocycles. The molecule has 7 heteroatoms. The molecule has 0 radical (unpaired) electrons. The van der Waals surface area contributed by atoms with Crippen LogP contribution in [0.3, 0.4) is 0 Å². The van der Waals surface area contributed by atoms with Gasteiger partial charge in [-0.15, -0.1) is 0 Å². The van der Waals surface area contributed by atoms with Crippen LogP contribution < -0.4 is 10.2 Å². The van der Waals surface area contributed by atoms with Gasteiger partial charge in [-0.2, -0.15) is 5.26 Å². The van der Waals surface area contributed by atoms with Gasteiger partial charge >= 0.3 is 13.0 Å². The summed E-state index contributed by atoms with van der Waals surface area (Å²) in [5, 5.41) is 13.9. The molecule has 0 N–H and O–H groups in total. The molecule has 2 fully saturated rings. The summed E-state index contributed by atoms with van der Waals surface area (Å²) in [6.45, 7) is 8.08. The van der Waals surface area contributed by atoms with Crippen molar-refractivity contribution in [2.75, 3.05) is 7.05 Å². The van der Waals surface area contributed by atoms with Gasteiger partial charge in [0.1, 0.15) is 17.9 Å². The minimum atomic E-state index is -0.547. The molecule has 1 aromatic carbocycles. The van der Waals surface area contributed by atoms with Gasteiger partial charge in [0.25, 0.3) is 0 Å². The maximum absolute atomic E-state index is 9.31. The molecule has 0 spiro atoms. The second-order valence-corrected chi connectivity index (χ2v) is 8.51. The predicted octanol–water partition coefficient (Wildman–Crippen LogP) is 2.45. The van der Waals surface area contributed by atoms with Crippen molar-refractivity contribution in [1.82, 2.24) is 0 Å². The van der Waals surface area contributed by atoms with E-state index in [0.717, 1.165) is 11.4 Å². The summed E-state index contributed by atoms with van der Waals surface area (Å²) in [5.74, 6) is 1.95. The number of hydrogen-bond donors (Lipinski definition) is 0. The van der Waals surface area contributed by atoms with E-state index >= 15 is 0 Å². The van der Waals surface area contributed by atoms with E-state index in [2.05, 4.69) is 11.2 Å². The molecule has 0 bridgehead atoms. The molecule has 4 rings (SSSR count). The van der Waals surface area contributed by atoms with E-state index in [9.17, 15) is 5.26 Å². The normalized spacial score (nSPS) is 23.4. The molecule has 140 valence electrons. The highest BCUT2D eigenvalue weighted by Crippen LogP contribution is 2.37. The number of nitrogens with zero attached hydrogens (tertiary/aromatic N) is 3. The highest BCUT2D eigenvalue weighted by atomic mass is 16.7. The van der Waals surface area contributed by atoms with E-state index in [0.29, 0.717) is 23.7 Å². The van der Waals surface area contributed by atoms with Crippen LogP contribution >= 0.6 is 0 Å². The summed E-state index contributed by atoms with van der Waals surface area (Å²) < 4.78 is 20.4. The van der Waals surface area contributed by atoms with Crippen LogP contribution in [0.2, 0.25) is 0 Å². The third kappa shape index (κ3) is 3.28. The number of rotatable bonds is 3. The molecule has 6 nitrogen and oxygen atoms in total. The van der Waals surface area contributed by atoms with Crippen molar-refractivity contribution < 1.29 is 18.7 Å². The van der Waals surface area contributed by atoms with Crippen LogP contribution in [-0.4, -0.2) is 41.7 Å². The van der Waals surface area contributed by atoms with E-state index in [4.69, 9.17) is 14.0 Å². The SMILES string of the molecule is C[N+]1=C(Oc2cc(C#N)ccc2B2OC(C)(C)C(C)(C)O2)CC(C2CC2)=N1. The lowest BCUT2D eigenvalue weighted by Gasteiger charge is -2.32. The third-order valence-electron chi connectivity index (χ3n) is 5.90. The summed E-state index contributed by atoms with van der Waals surface area (Å²) in [4.78, 5) is 0. The fourth-order valence-corrected chi connectivity index (χ4v) is 3.28. The zero-order valence-corrected chi connectivity index (χ0v) is 16.6. The molecule has 0 aromatic heterocycles. The van der Waals surface area contributed by atoms with Crippen LogP contribution in [0.15, 0.2) is 23.3 Å². The standard InChI is InChI=1S/C20H25BN3O3/c1-19(2)20(3,4)27-21(26-19)15-9-6-13(12-22)10-17(15)25-18-11-16(14-7-8-14)23-24(18)5/h6,9-10,14H,7-8,11H2,1-5H3/q+1. The van der Waals surface area contributed by atoms with Gasteiger partial charge in [-0.05, 0) is 57.8 Å². The summed E-state index contributed by atoms with van der Waals surface area (Å²) in [6.07, 6.45) is 3.13. The zero-order valence-electron chi connectivity index (χ0n) is 16.6. The van der Waals surface area contributed by atoms with Crippen molar-refractivity contribution in [3.63, 3.8) is 0 Å². The maximum Gasteiger partial charge on any atom is 0.498 e. The van der Waals surface area contributed by atoms with Gasteiger partial charge in [-0.3, -0.25) is 0 Å². The predicted molar refractivity (Wildman–Crippen MR) is 103 cm³/mol. The van der Waals surface area contributed by atoms with Crippen molar-refractivity contribution in [1.29, 1.82) is 5.26 Å². The Labute approximate surface area is 160 Å². The van der Waals surface area contributed by atoms with Gasteiger partial charge in [0.05, 0.1) is 22.8 Å². The molecular weight excluding hydrogens is 341 g/mol. The average Bonchev–Trinajstić information content (AvgIpc) is 3.34. The zero-order chi connectivity index (χ0) is 19.4. The van der Waals surface area contributed by atoms with Gasteiger partial charge in [0.15, 0.2) is 7.05 Å². The Morgan fingerprint density at radius 1 is 1.22 bits per heavy atom. The van der Waals surface area contributed by atoms with Crippen molar-refractivity contribution in [2.24, 2.45) is 11.0 Å². The van der Waals surface area contributed by atoms with E-state index < -0.39 is 18.3 Å². The summed E-state index contributed by atoms with van der Waals surface area (Å²) in [6, 6.07) is 7.55. The van der Waals surface area contributed by atoms with Crippen LogP contribution in [0.1, 0.15) is 52.5 Å². The number of benzene rings is 1. The monoisotopic (exact) mass is 366 g/mol. The lowest BCUT2D eigenvalue weighted by molar-refractivity contribution is -0.506. The van der Waals surface area contributed by atoms with Crippen molar-refractivity contribution in [3.05, 3.63) is 23.8 Å². The maximum atomic E-state index is 9.31. The fraction of sp³-hybridized carbons (Fsp3) is 0.550. The Hall–Kier alpha value is -2.17. The minimum absolute atomic E-state index is 0.442.